The van der Waals surface area contributed by atoms with Gasteiger partial charge in [0.1, 0.15) is 5.75 Å². The maximum Gasteiger partial charge on any atom is 0.263 e. The number of carbonyl (C=O) groups is 2. The Bertz CT molecular complexity index is 606. The number of hydrogen-bond acceptors (Lipinski definition) is 3. The van der Waals surface area contributed by atoms with E-state index in [1.54, 1.807) is 30.0 Å². The molecule has 132 valence electrons. The largest absolute Gasteiger partial charge is 0.481 e. The Morgan fingerprint density at radius 3 is 2.75 bits per heavy atom. The van der Waals surface area contributed by atoms with Crippen molar-refractivity contribution < 1.29 is 14.3 Å². The molecule has 1 aliphatic heterocycles. The Morgan fingerprint density at radius 1 is 1.33 bits per heavy atom. The first-order valence-corrected chi connectivity index (χ1v) is 8.79. The lowest BCUT2D eigenvalue weighted by atomic mass is 10.2. The zero-order valence-corrected chi connectivity index (χ0v) is 15.3. The number of rotatable bonds is 5. The van der Waals surface area contributed by atoms with Crippen LogP contribution in [0.5, 0.6) is 5.75 Å². The molecule has 1 aliphatic rings. The van der Waals surface area contributed by atoms with Gasteiger partial charge in [0.05, 0.1) is 0 Å². The van der Waals surface area contributed by atoms with Gasteiger partial charge in [-0.05, 0) is 44.0 Å². The van der Waals surface area contributed by atoms with Gasteiger partial charge in [0.2, 0.25) is 5.91 Å². The monoisotopic (exact) mass is 352 g/mol. The molecule has 1 atom stereocenters. The third kappa shape index (κ3) is 4.63. The predicted octanol–water partition coefficient (Wildman–Crippen LogP) is 2.89. The van der Waals surface area contributed by atoms with Crippen molar-refractivity contribution in [3.05, 3.63) is 28.8 Å². The molecule has 2 amide bonds. The second kappa shape index (κ2) is 8.38. The summed E-state index contributed by atoms with van der Waals surface area (Å²) in [6.07, 6.45) is 0.700. The lowest BCUT2D eigenvalue weighted by Crippen LogP contribution is -2.42. The third-order valence-electron chi connectivity index (χ3n) is 4.18. The molecule has 0 bridgehead atoms. The fraction of sp³-hybridized carbons (Fsp3) is 0.556. The van der Waals surface area contributed by atoms with E-state index in [1.807, 2.05) is 18.7 Å². The minimum absolute atomic E-state index is 0.0875. The summed E-state index contributed by atoms with van der Waals surface area (Å²) in [7, 11) is 0. The van der Waals surface area contributed by atoms with Gasteiger partial charge in [0, 0.05) is 37.6 Å². The number of carbonyl (C=O) groups excluding carboxylic acids is 2. The maximum absolute atomic E-state index is 12.6. The van der Waals surface area contributed by atoms with Crippen LogP contribution >= 0.6 is 11.6 Å². The zero-order valence-electron chi connectivity index (χ0n) is 14.5. The van der Waals surface area contributed by atoms with Crippen molar-refractivity contribution in [2.75, 3.05) is 26.2 Å². The molecule has 0 radical (unpaired) electrons. The van der Waals surface area contributed by atoms with Crippen LogP contribution in [0.1, 0.15) is 32.3 Å². The minimum atomic E-state index is -0.599. The van der Waals surface area contributed by atoms with E-state index in [9.17, 15) is 9.59 Å². The van der Waals surface area contributed by atoms with E-state index in [4.69, 9.17) is 16.3 Å². The number of halogens is 1. The average Bonchev–Trinajstić information content (AvgIpc) is 2.72. The van der Waals surface area contributed by atoms with Gasteiger partial charge in [-0.25, -0.2) is 0 Å². The molecule has 6 heteroatoms. The van der Waals surface area contributed by atoms with Crippen molar-refractivity contribution >= 4 is 23.4 Å². The summed E-state index contributed by atoms with van der Waals surface area (Å²) in [4.78, 5) is 28.3. The molecular formula is C18H25ClN2O3. The molecule has 1 aromatic carbocycles. The molecule has 1 aromatic rings. The minimum Gasteiger partial charge on any atom is -0.481 e. The normalized spacial score (nSPS) is 16.8. The van der Waals surface area contributed by atoms with Crippen LogP contribution < -0.4 is 4.74 Å². The molecule has 1 saturated heterocycles. The van der Waals surface area contributed by atoms with E-state index < -0.39 is 6.10 Å². The third-order valence-corrected chi connectivity index (χ3v) is 4.42. The maximum atomic E-state index is 12.6. The predicted molar refractivity (Wildman–Crippen MR) is 94.3 cm³/mol. The molecule has 0 aromatic heterocycles. The smallest absolute Gasteiger partial charge is 0.263 e. The van der Waals surface area contributed by atoms with E-state index in [1.165, 1.54) is 0 Å². The summed E-state index contributed by atoms with van der Waals surface area (Å²) in [6.45, 7) is 8.02. The summed E-state index contributed by atoms with van der Waals surface area (Å²) < 4.78 is 5.81. The summed E-state index contributed by atoms with van der Waals surface area (Å²) in [5.74, 6) is 0.684. The average molecular weight is 353 g/mol. The fourth-order valence-electron chi connectivity index (χ4n) is 2.84. The van der Waals surface area contributed by atoms with Crippen LogP contribution in [0.15, 0.2) is 18.2 Å². The van der Waals surface area contributed by atoms with Gasteiger partial charge in [-0.15, -0.1) is 0 Å². The van der Waals surface area contributed by atoms with Crippen molar-refractivity contribution in [3.8, 4) is 5.75 Å². The van der Waals surface area contributed by atoms with Crippen LogP contribution in [0.25, 0.3) is 0 Å². The topological polar surface area (TPSA) is 49.9 Å². The second-order valence-corrected chi connectivity index (χ2v) is 6.56. The van der Waals surface area contributed by atoms with Gasteiger partial charge in [-0.3, -0.25) is 9.59 Å². The Morgan fingerprint density at radius 2 is 2.08 bits per heavy atom. The van der Waals surface area contributed by atoms with Crippen LogP contribution in [-0.2, 0) is 9.59 Å². The van der Waals surface area contributed by atoms with Crippen molar-refractivity contribution in [1.82, 2.24) is 9.80 Å². The van der Waals surface area contributed by atoms with Crippen LogP contribution in [0.2, 0.25) is 5.02 Å². The molecule has 24 heavy (non-hydrogen) atoms. The number of aryl methyl sites for hydroxylation is 1. The SMILES string of the molecule is CCCN1CCN(C(=O)C(C)Oc2ccc(Cl)cc2C)CCC1=O. The van der Waals surface area contributed by atoms with E-state index in [2.05, 4.69) is 0 Å². The Labute approximate surface area is 148 Å². The van der Waals surface area contributed by atoms with Crippen LogP contribution in [-0.4, -0.2) is 53.9 Å². The lowest BCUT2D eigenvalue weighted by Gasteiger charge is -2.25. The highest BCUT2D eigenvalue weighted by Crippen LogP contribution is 2.23. The highest BCUT2D eigenvalue weighted by molar-refractivity contribution is 6.30. The first-order valence-electron chi connectivity index (χ1n) is 8.41. The Balaban J connectivity index is 1.98. The zero-order chi connectivity index (χ0) is 17.7. The van der Waals surface area contributed by atoms with Crippen molar-refractivity contribution in [1.29, 1.82) is 0 Å². The highest BCUT2D eigenvalue weighted by atomic mass is 35.5. The summed E-state index contributed by atoms with van der Waals surface area (Å²) >= 11 is 5.94. The molecule has 2 rings (SSSR count). The molecule has 0 aliphatic carbocycles. The number of nitrogens with zero attached hydrogens (tertiary/aromatic N) is 2. The van der Waals surface area contributed by atoms with Crippen molar-refractivity contribution in [2.45, 2.75) is 39.7 Å². The van der Waals surface area contributed by atoms with Gasteiger partial charge in [-0.2, -0.15) is 0 Å². The standard InChI is InChI=1S/C18H25ClN2O3/c1-4-8-20-10-11-21(9-7-17(20)22)18(23)14(3)24-16-6-5-15(19)12-13(16)2/h5-6,12,14H,4,7-11H2,1-3H3. The number of benzene rings is 1. The second-order valence-electron chi connectivity index (χ2n) is 6.13. The lowest BCUT2D eigenvalue weighted by molar-refractivity contribution is -0.137. The van der Waals surface area contributed by atoms with Crippen LogP contribution in [0, 0.1) is 6.92 Å². The molecule has 1 unspecified atom stereocenters. The van der Waals surface area contributed by atoms with Crippen molar-refractivity contribution in [3.63, 3.8) is 0 Å². The number of hydrogen-bond donors (Lipinski definition) is 0. The molecule has 0 spiro atoms. The van der Waals surface area contributed by atoms with Crippen LogP contribution in [0.4, 0.5) is 0 Å². The van der Waals surface area contributed by atoms with Crippen LogP contribution in [0.3, 0.4) is 0 Å². The van der Waals surface area contributed by atoms with E-state index in [-0.39, 0.29) is 11.8 Å². The summed E-state index contributed by atoms with van der Waals surface area (Å²) in [5.41, 5.74) is 0.891. The van der Waals surface area contributed by atoms with Gasteiger partial charge in [0.15, 0.2) is 6.10 Å². The van der Waals surface area contributed by atoms with E-state index >= 15 is 0 Å². The summed E-state index contributed by atoms with van der Waals surface area (Å²) in [5, 5.41) is 0.640. The molecule has 5 nitrogen and oxygen atoms in total. The fourth-order valence-corrected chi connectivity index (χ4v) is 3.06. The van der Waals surface area contributed by atoms with Crippen molar-refractivity contribution in [2.24, 2.45) is 0 Å². The molecule has 1 heterocycles. The summed E-state index contributed by atoms with van der Waals surface area (Å²) in [6, 6.07) is 5.33. The van der Waals surface area contributed by atoms with Gasteiger partial charge in [-0.1, -0.05) is 18.5 Å². The Hall–Kier alpha value is -1.75. The first-order chi connectivity index (χ1) is 11.4. The molecule has 0 saturated carbocycles. The van der Waals surface area contributed by atoms with E-state index in [0.29, 0.717) is 36.8 Å². The van der Waals surface area contributed by atoms with Gasteiger partial charge < -0.3 is 14.5 Å². The van der Waals surface area contributed by atoms with Gasteiger partial charge in [0.25, 0.3) is 5.91 Å². The first kappa shape index (κ1) is 18.6. The highest BCUT2D eigenvalue weighted by Gasteiger charge is 2.27. The Kier molecular flexibility index (Phi) is 6.49. The number of amides is 2. The molecular weight excluding hydrogens is 328 g/mol. The van der Waals surface area contributed by atoms with Gasteiger partial charge >= 0.3 is 0 Å². The van der Waals surface area contributed by atoms with E-state index in [0.717, 1.165) is 18.5 Å². The molecule has 0 N–H and O–H groups in total. The molecule has 1 fully saturated rings. The quantitative estimate of drug-likeness (QED) is 0.818. The number of ether oxygens (including phenoxy) is 1.